The number of aromatic nitrogens is 2. The Morgan fingerprint density at radius 1 is 1.07 bits per heavy atom. The number of hydrogen-bond acceptors (Lipinski definition) is 6. The Balaban J connectivity index is 1.75. The second-order valence-electron chi connectivity index (χ2n) is 7.35. The van der Waals surface area contributed by atoms with Crippen molar-refractivity contribution in [2.45, 2.75) is 25.6 Å². The van der Waals surface area contributed by atoms with Crippen LogP contribution < -0.4 is 19.9 Å². The molecule has 0 bridgehead atoms. The number of piperazine rings is 1. The second-order valence-corrected chi connectivity index (χ2v) is 7.35. The number of fused-ring (bicyclic) bond motifs is 1. The molecule has 0 atom stereocenters. The molecule has 30 heavy (non-hydrogen) atoms. The molecule has 2 aliphatic rings. The monoisotopic (exact) mass is 425 g/mol. The minimum atomic E-state index is -4.79. The van der Waals surface area contributed by atoms with Crippen LogP contribution in [0.1, 0.15) is 23.2 Å². The van der Waals surface area contributed by atoms with Crippen LogP contribution in [0, 0.1) is 5.82 Å². The van der Waals surface area contributed by atoms with E-state index < -0.39 is 17.6 Å². The molecular formula is C20H23F4N5O. The Labute approximate surface area is 171 Å². The van der Waals surface area contributed by atoms with Crippen molar-refractivity contribution in [2.24, 2.45) is 0 Å². The maximum atomic E-state index is 14.1. The SMILES string of the molecule is COc1nc2c(c(N3CCNCC3)n1)CCCN(c1cccc(F)c1C(F)(F)F)C2. The molecular weight excluding hydrogens is 402 g/mol. The maximum Gasteiger partial charge on any atom is 0.421 e. The highest BCUT2D eigenvalue weighted by atomic mass is 19.4. The van der Waals surface area contributed by atoms with Crippen molar-refractivity contribution in [3.05, 3.63) is 40.8 Å². The quantitative estimate of drug-likeness (QED) is 0.764. The normalized spacial score (nSPS) is 17.5. The van der Waals surface area contributed by atoms with Crippen molar-refractivity contribution in [1.29, 1.82) is 0 Å². The van der Waals surface area contributed by atoms with E-state index in [9.17, 15) is 17.6 Å². The summed E-state index contributed by atoms with van der Waals surface area (Å²) in [6.07, 6.45) is -3.55. The number of halogens is 4. The molecule has 4 rings (SSSR count). The first-order valence-electron chi connectivity index (χ1n) is 9.88. The topological polar surface area (TPSA) is 53.5 Å². The van der Waals surface area contributed by atoms with Crippen LogP contribution in [0.2, 0.25) is 0 Å². The average Bonchev–Trinajstić information content (AvgIpc) is 2.95. The van der Waals surface area contributed by atoms with E-state index in [4.69, 9.17) is 4.74 Å². The number of anilines is 2. The van der Waals surface area contributed by atoms with E-state index in [1.807, 2.05) is 0 Å². The molecule has 0 amide bonds. The Hall–Kier alpha value is -2.62. The van der Waals surface area contributed by atoms with Crippen molar-refractivity contribution in [3.8, 4) is 6.01 Å². The number of alkyl halides is 3. The molecule has 2 aliphatic heterocycles. The van der Waals surface area contributed by atoms with E-state index in [0.717, 1.165) is 43.6 Å². The highest BCUT2D eigenvalue weighted by Gasteiger charge is 2.38. The first-order chi connectivity index (χ1) is 14.4. The molecule has 0 spiro atoms. The highest BCUT2D eigenvalue weighted by Crippen LogP contribution is 2.40. The minimum absolute atomic E-state index is 0.125. The third-order valence-electron chi connectivity index (χ3n) is 5.46. The molecule has 6 nitrogen and oxygen atoms in total. The first kappa shape index (κ1) is 20.6. The molecule has 0 unspecified atom stereocenters. The lowest BCUT2D eigenvalue weighted by Gasteiger charge is -2.31. The van der Waals surface area contributed by atoms with Crippen LogP contribution in [-0.2, 0) is 19.1 Å². The average molecular weight is 425 g/mol. The van der Waals surface area contributed by atoms with Crippen LogP contribution >= 0.6 is 0 Å². The van der Waals surface area contributed by atoms with Crippen molar-refractivity contribution >= 4 is 11.5 Å². The number of hydrogen-bond donors (Lipinski definition) is 1. The molecule has 1 aromatic heterocycles. The third kappa shape index (κ3) is 4.00. The summed E-state index contributed by atoms with van der Waals surface area (Å²) in [5, 5.41) is 3.29. The minimum Gasteiger partial charge on any atom is -0.467 e. The fourth-order valence-electron chi connectivity index (χ4n) is 4.08. The van der Waals surface area contributed by atoms with Gasteiger partial charge in [-0.25, -0.2) is 4.39 Å². The predicted octanol–water partition coefficient (Wildman–Crippen LogP) is 3.01. The van der Waals surface area contributed by atoms with Gasteiger partial charge in [-0.15, -0.1) is 0 Å². The third-order valence-corrected chi connectivity index (χ3v) is 5.46. The zero-order valence-corrected chi connectivity index (χ0v) is 16.6. The molecule has 0 saturated carbocycles. The van der Waals surface area contributed by atoms with E-state index in [2.05, 4.69) is 20.2 Å². The molecule has 3 heterocycles. The van der Waals surface area contributed by atoms with Gasteiger partial charge in [-0.1, -0.05) is 6.07 Å². The summed E-state index contributed by atoms with van der Waals surface area (Å²) in [7, 11) is 1.46. The Morgan fingerprint density at radius 2 is 1.83 bits per heavy atom. The van der Waals surface area contributed by atoms with Crippen LogP contribution in [0.3, 0.4) is 0 Å². The van der Waals surface area contributed by atoms with E-state index in [0.29, 0.717) is 25.1 Å². The van der Waals surface area contributed by atoms with Crippen LogP contribution in [0.25, 0.3) is 0 Å². The van der Waals surface area contributed by atoms with Crippen molar-refractivity contribution in [3.63, 3.8) is 0 Å². The number of benzene rings is 1. The van der Waals surface area contributed by atoms with Gasteiger partial charge >= 0.3 is 12.2 Å². The lowest BCUT2D eigenvalue weighted by molar-refractivity contribution is -0.139. The van der Waals surface area contributed by atoms with E-state index in [1.54, 1.807) is 4.90 Å². The fourth-order valence-corrected chi connectivity index (χ4v) is 4.08. The lowest BCUT2D eigenvalue weighted by Crippen LogP contribution is -2.44. The van der Waals surface area contributed by atoms with Gasteiger partial charge in [0.15, 0.2) is 0 Å². The number of methoxy groups -OCH3 is 1. The molecule has 1 fully saturated rings. The van der Waals surface area contributed by atoms with E-state index >= 15 is 0 Å². The van der Waals surface area contributed by atoms with Crippen molar-refractivity contribution < 1.29 is 22.3 Å². The summed E-state index contributed by atoms with van der Waals surface area (Å²) in [5.74, 6) is -0.498. The maximum absolute atomic E-state index is 14.1. The molecule has 1 aromatic carbocycles. The molecule has 10 heteroatoms. The number of rotatable bonds is 3. The summed E-state index contributed by atoms with van der Waals surface area (Å²) in [5.41, 5.74) is 0.129. The number of ether oxygens (including phenoxy) is 1. The predicted molar refractivity (Wildman–Crippen MR) is 104 cm³/mol. The Morgan fingerprint density at radius 3 is 2.53 bits per heavy atom. The largest absolute Gasteiger partial charge is 0.467 e. The number of nitrogens with one attached hydrogen (secondary N) is 1. The molecule has 2 aromatic rings. The van der Waals surface area contributed by atoms with Gasteiger partial charge < -0.3 is 19.9 Å². The summed E-state index contributed by atoms with van der Waals surface area (Å²) >= 11 is 0. The molecule has 162 valence electrons. The molecule has 1 N–H and O–H groups in total. The fraction of sp³-hybridized carbons (Fsp3) is 0.500. The summed E-state index contributed by atoms with van der Waals surface area (Å²) in [6, 6.07) is 3.64. The summed E-state index contributed by atoms with van der Waals surface area (Å²) < 4.78 is 60.1. The van der Waals surface area contributed by atoms with Gasteiger partial charge in [0.25, 0.3) is 0 Å². The van der Waals surface area contributed by atoms with Gasteiger partial charge in [-0.3, -0.25) is 0 Å². The second kappa shape index (κ2) is 8.25. The van der Waals surface area contributed by atoms with Gasteiger partial charge in [0.1, 0.15) is 17.2 Å². The van der Waals surface area contributed by atoms with Gasteiger partial charge in [-0.05, 0) is 25.0 Å². The van der Waals surface area contributed by atoms with E-state index in [1.165, 1.54) is 19.2 Å². The zero-order valence-electron chi connectivity index (χ0n) is 16.6. The lowest BCUT2D eigenvalue weighted by atomic mass is 10.1. The Bertz CT molecular complexity index is 915. The Kier molecular flexibility index (Phi) is 5.68. The van der Waals surface area contributed by atoms with Crippen LogP contribution in [0.15, 0.2) is 18.2 Å². The van der Waals surface area contributed by atoms with Crippen LogP contribution in [0.4, 0.5) is 29.1 Å². The zero-order chi connectivity index (χ0) is 21.3. The van der Waals surface area contributed by atoms with E-state index in [-0.39, 0.29) is 18.2 Å². The molecule has 0 aliphatic carbocycles. The highest BCUT2D eigenvalue weighted by molar-refractivity contribution is 5.58. The van der Waals surface area contributed by atoms with Gasteiger partial charge in [0, 0.05) is 38.3 Å². The van der Waals surface area contributed by atoms with Crippen molar-refractivity contribution in [2.75, 3.05) is 49.6 Å². The summed E-state index contributed by atoms with van der Waals surface area (Å²) in [6.45, 7) is 3.68. The van der Waals surface area contributed by atoms with Crippen LogP contribution in [-0.4, -0.2) is 49.8 Å². The van der Waals surface area contributed by atoms with Gasteiger partial charge in [-0.2, -0.15) is 23.1 Å². The smallest absolute Gasteiger partial charge is 0.421 e. The van der Waals surface area contributed by atoms with Crippen molar-refractivity contribution in [1.82, 2.24) is 15.3 Å². The standard InChI is InChI=1S/C20H23F4N5O/c1-30-19-26-15-12-29(16-6-2-5-14(21)17(16)20(22,23)24)9-3-4-13(15)18(27-19)28-10-7-25-8-11-28/h2,5-6,25H,3-4,7-12H2,1H3. The number of nitrogens with zero attached hydrogens (tertiary/aromatic N) is 4. The molecule has 1 saturated heterocycles. The molecule has 0 radical (unpaired) electrons. The van der Waals surface area contributed by atoms with Crippen LogP contribution in [0.5, 0.6) is 6.01 Å². The van der Waals surface area contributed by atoms with Gasteiger partial charge in [0.05, 0.1) is 25.0 Å². The van der Waals surface area contributed by atoms with Gasteiger partial charge in [0.2, 0.25) is 0 Å². The summed E-state index contributed by atoms with van der Waals surface area (Å²) in [4.78, 5) is 12.7. The first-order valence-corrected chi connectivity index (χ1v) is 9.88.